The van der Waals surface area contributed by atoms with E-state index in [1.807, 2.05) is 7.05 Å². The summed E-state index contributed by atoms with van der Waals surface area (Å²) in [6, 6.07) is 2.93. The molecule has 0 spiro atoms. The van der Waals surface area contributed by atoms with Gasteiger partial charge in [-0.15, -0.1) is 0 Å². The van der Waals surface area contributed by atoms with E-state index in [2.05, 4.69) is 21.2 Å². The van der Waals surface area contributed by atoms with Crippen molar-refractivity contribution in [1.29, 1.82) is 0 Å². The third kappa shape index (κ3) is 2.42. The number of likely N-dealkylation sites (N-methyl/N-ethyl adjacent to an activating group) is 1. The molecule has 72 valence electrons. The van der Waals surface area contributed by atoms with Crippen molar-refractivity contribution in [1.82, 2.24) is 5.32 Å². The van der Waals surface area contributed by atoms with Crippen molar-refractivity contribution in [2.75, 3.05) is 13.6 Å². The molecular formula is C9H11BrFNO. The minimum absolute atomic E-state index is 0.00440. The Morgan fingerprint density at radius 1 is 1.54 bits per heavy atom. The van der Waals surface area contributed by atoms with Crippen LogP contribution in [-0.4, -0.2) is 18.7 Å². The van der Waals surface area contributed by atoms with Crippen LogP contribution in [-0.2, 0) is 6.42 Å². The van der Waals surface area contributed by atoms with E-state index in [0.717, 1.165) is 12.1 Å². The molecule has 1 aromatic rings. The van der Waals surface area contributed by atoms with Crippen LogP contribution in [0.4, 0.5) is 4.39 Å². The van der Waals surface area contributed by atoms with Gasteiger partial charge in [-0.05, 0) is 47.6 Å². The van der Waals surface area contributed by atoms with Gasteiger partial charge in [-0.2, -0.15) is 0 Å². The summed E-state index contributed by atoms with van der Waals surface area (Å²) in [5, 5.41) is 12.4. The Bertz CT molecular complexity index is 304. The summed E-state index contributed by atoms with van der Waals surface area (Å²) in [5.74, 6) is -0.444. The van der Waals surface area contributed by atoms with Gasteiger partial charge in [-0.1, -0.05) is 6.07 Å². The van der Waals surface area contributed by atoms with Gasteiger partial charge in [-0.25, -0.2) is 4.39 Å². The van der Waals surface area contributed by atoms with Crippen molar-refractivity contribution >= 4 is 15.9 Å². The predicted molar refractivity (Wildman–Crippen MR) is 53.4 cm³/mol. The summed E-state index contributed by atoms with van der Waals surface area (Å²) in [6.45, 7) is 0.756. The molecule has 0 aliphatic carbocycles. The van der Waals surface area contributed by atoms with Crippen molar-refractivity contribution < 1.29 is 9.50 Å². The number of phenols is 1. The van der Waals surface area contributed by atoms with Gasteiger partial charge in [0.2, 0.25) is 0 Å². The largest absolute Gasteiger partial charge is 0.506 e. The number of nitrogens with one attached hydrogen (secondary N) is 1. The number of aromatic hydroxyl groups is 1. The summed E-state index contributed by atoms with van der Waals surface area (Å²) in [5.41, 5.74) is 0.739. The number of phenolic OH excluding ortho intramolecular Hbond substituents is 1. The Labute approximate surface area is 84.9 Å². The van der Waals surface area contributed by atoms with Gasteiger partial charge in [-0.3, -0.25) is 0 Å². The minimum Gasteiger partial charge on any atom is -0.506 e. The first kappa shape index (κ1) is 10.5. The molecular weight excluding hydrogens is 237 g/mol. The highest BCUT2D eigenvalue weighted by Crippen LogP contribution is 2.30. The normalized spacial score (nSPS) is 10.4. The number of hydrogen-bond acceptors (Lipinski definition) is 2. The lowest BCUT2D eigenvalue weighted by atomic mass is 10.1. The molecule has 13 heavy (non-hydrogen) atoms. The fourth-order valence-electron chi connectivity index (χ4n) is 1.04. The molecule has 0 heterocycles. The Balaban J connectivity index is 2.90. The van der Waals surface area contributed by atoms with Crippen LogP contribution in [0.2, 0.25) is 0 Å². The van der Waals surface area contributed by atoms with Crippen molar-refractivity contribution in [2.45, 2.75) is 6.42 Å². The highest BCUT2D eigenvalue weighted by atomic mass is 79.9. The van der Waals surface area contributed by atoms with E-state index in [4.69, 9.17) is 0 Å². The Kier molecular flexibility index (Phi) is 3.69. The van der Waals surface area contributed by atoms with E-state index >= 15 is 0 Å². The number of rotatable bonds is 3. The fraction of sp³-hybridized carbons (Fsp3) is 0.333. The zero-order chi connectivity index (χ0) is 9.84. The zero-order valence-electron chi connectivity index (χ0n) is 7.27. The molecule has 0 saturated carbocycles. The zero-order valence-corrected chi connectivity index (χ0v) is 8.86. The summed E-state index contributed by atoms with van der Waals surface area (Å²) >= 11 is 2.98. The first-order valence-electron chi connectivity index (χ1n) is 3.97. The predicted octanol–water partition coefficient (Wildman–Crippen LogP) is 2.06. The van der Waals surface area contributed by atoms with Gasteiger partial charge in [0.05, 0.1) is 4.47 Å². The molecule has 0 unspecified atom stereocenters. The monoisotopic (exact) mass is 247 g/mol. The lowest BCUT2D eigenvalue weighted by molar-refractivity contribution is 0.456. The molecule has 0 radical (unpaired) electrons. The van der Waals surface area contributed by atoms with Gasteiger partial charge in [0.15, 0.2) is 0 Å². The molecule has 0 bridgehead atoms. The highest BCUT2D eigenvalue weighted by molar-refractivity contribution is 9.10. The van der Waals surface area contributed by atoms with E-state index in [0.29, 0.717) is 6.42 Å². The second-order valence-electron chi connectivity index (χ2n) is 2.72. The second-order valence-corrected chi connectivity index (χ2v) is 3.52. The quantitative estimate of drug-likeness (QED) is 0.858. The number of benzene rings is 1. The lowest BCUT2D eigenvalue weighted by Gasteiger charge is -2.06. The molecule has 0 fully saturated rings. The van der Waals surface area contributed by atoms with Gasteiger partial charge < -0.3 is 10.4 Å². The number of halogens is 2. The first-order chi connectivity index (χ1) is 6.16. The average molecular weight is 248 g/mol. The Hall–Kier alpha value is -0.610. The number of hydrogen-bond donors (Lipinski definition) is 2. The van der Waals surface area contributed by atoms with Crippen LogP contribution in [0.3, 0.4) is 0 Å². The Morgan fingerprint density at radius 2 is 2.23 bits per heavy atom. The van der Waals surface area contributed by atoms with E-state index in [9.17, 15) is 9.50 Å². The van der Waals surface area contributed by atoms with Crippen LogP contribution in [0.5, 0.6) is 5.75 Å². The van der Waals surface area contributed by atoms with E-state index < -0.39 is 5.82 Å². The van der Waals surface area contributed by atoms with Crippen molar-refractivity contribution in [3.05, 3.63) is 28.0 Å². The van der Waals surface area contributed by atoms with Gasteiger partial charge in [0, 0.05) is 0 Å². The maximum atomic E-state index is 12.9. The van der Waals surface area contributed by atoms with E-state index in [1.54, 1.807) is 6.07 Å². The molecule has 2 N–H and O–H groups in total. The summed E-state index contributed by atoms with van der Waals surface area (Å²) in [7, 11) is 1.83. The summed E-state index contributed by atoms with van der Waals surface area (Å²) < 4.78 is 13.0. The lowest BCUT2D eigenvalue weighted by Crippen LogP contribution is -2.10. The molecule has 0 aliphatic heterocycles. The molecule has 0 aromatic heterocycles. The standard InChI is InChI=1S/C9H11BrFNO/c1-12-5-4-6-2-3-7(11)8(10)9(6)13/h2-3,12-13H,4-5H2,1H3. The van der Waals surface area contributed by atoms with Crippen LogP contribution in [0, 0.1) is 5.82 Å². The van der Waals surface area contributed by atoms with Crippen LogP contribution in [0.1, 0.15) is 5.56 Å². The molecule has 0 amide bonds. The molecule has 0 atom stereocenters. The van der Waals surface area contributed by atoms with Gasteiger partial charge >= 0.3 is 0 Å². The molecule has 0 aliphatic rings. The van der Waals surface area contributed by atoms with Crippen LogP contribution < -0.4 is 5.32 Å². The third-order valence-electron chi connectivity index (χ3n) is 1.80. The fourth-order valence-corrected chi connectivity index (χ4v) is 1.43. The summed E-state index contributed by atoms with van der Waals surface area (Å²) in [4.78, 5) is 0. The van der Waals surface area contributed by atoms with Crippen LogP contribution in [0.25, 0.3) is 0 Å². The molecule has 2 nitrogen and oxygen atoms in total. The second kappa shape index (κ2) is 4.58. The average Bonchev–Trinajstić information content (AvgIpc) is 2.13. The Morgan fingerprint density at radius 3 is 2.85 bits per heavy atom. The summed E-state index contributed by atoms with van der Waals surface area (Å²) in [6.07, 6.45) is 0.682. The van der Waals surface area contributed by atoms with Gasteiger partial charge in [0.25, 0.3) is 0 Å². The SMILES string of the molecule is CNCCc1ccc(F)c(Br)c1O. The maximum Gasteiger partial charge on any atom is 0.141 e. The maximum absolute atomic E-state index is 12.9. The smallest absolute Gasteiger partial charge is 0.141 e. The van der Waals surface area contributed by atoms with Gasteiger partial charge in [0.1, 0.15) is 11.6 Å². The van der Waals surface area contributed by atoms with Crippen LogP contribution >= 0.6 is 15.9 Å². The minimum atomic E-state index is -0.439. The van der Waals surface area contributed by atoms with Crippen molar-refractivity contribution in [3.63, 3.8) is 0 Å². The first-order valence-corrected chi connectivity index (χ1v) is 4.76. The molecule has 4 heteroatoms. The van der Waals surface area contributed by atoms with Crippen molar-refractivity contribution in [2.24, 2.45) is 0 Å². The van der Waals surface area contributed by atoms with E-state index in [1.165, 1.54) is 6.07 Å². The van der Waals surface area contributed by atoms with Crippen LogP contribution in [0.15, 0.2) is 16.6 Å². The third-order valence-corrected chi connectivity index (χ3v) is 2.55. The molecule has 1 rings (SSSR count). The highest BCUT2D eigenvalue weighted by Gasteiger charge is 2.09. The molecule has 0 saturated heterocycles. The van der Waals surface area contributed by atoms with Crippen molar-refractivity contribution in [3.8, 4) is 5.75 Å². The molecule has 1 aromatic carbocycles. The van der Waals surface area contributed by atoms with E-state index in [-0.39, 0.29) is 10.2 Å². The topological polar surface area (TPSA) is 32.3 Å².